The Morgan fingerprint density at radius 2 is 2.10 bits per heavy atom. The fraction of sp³-hybridized carbons (Fsp3) is 0.0667. The average Bonchev–Trinajstić information content (AvgIpc) is 2.42. The van der Waals surface area contributed by atoms with Crippen LogP contribution in [-0.2, 0) is 0 Å². The quantitative estimate of drug-likeness (QED) is 0.823. The molecule has 0 aliphatic heterocycles. The number of nitrogens with zero attached hydrogens (tertiary/aromatic N) is 1. The highest BCUT2D eigenvalue weighted by Crippen LogP contribution is 2.20. The summed E-state index contributed by atoms with van der Waals surface area (Å²) < 4.78 is 13.1. The predicted octanol–water partition coefficient (Wildman–Crippen LogP) is 2.84. The summed E-state index contributed by atoms with van der Waals surface area (Å²) in [5.41, 5.74) is 7.14. The molecule has 0 atom stereocenters. The molecule has 2 aromatic carbocycles. The minimum Gasteiger partial charge on any atom is -0.396 e. The van der Waals surface area contributed by atoms with E-state index in [1.54, 1.807) is 25.1 Å². The van der Waals surface area contributed by atoms with Crippen LogP contribution in [0.4, 0.5) is 15.8 Å². The molecule has 1 amide bonds. The molecule has 0 aliphatic rings. The molecule has 0 saturated heterocycles. The summed E-state index contributed by atoms with van der Waals surface area (Å²) in [6, 6.07) is 10.9. The number of halogens is 1. The number of nitrogens with two attached hydrogens (primary N) is 1. The van der Waals surface area contributed by atoms with Gasteiger partial charge in [0.2, 0.25) is 0 Å². The van der Waals surface area contributed by atoms with Gasteiger partial charge in [0.25, 0.3) is 5.91 Å². The number of anilines is 2. The van der Waals surface area contributed by atoms with Crippen LogP contribution in [0.15, 0.2) is 36.4 Å². The van der Waals surface area contributed by atoms with E-state index in [4.69, 9.17) is 11.0 Å². The number of nitrogen functional groups attached to an aromatic ring is 1. The second-order valence-corrected chi connectivity index (χ2v) is 4.30. The minimum atomic E-state index is -0.574. The van der Waals surface area contributed by atoms with Gasteiger partial charge >= 0.3 is 0 Å². The zero-order valence-corrected chi connectivity index (χ0v) is 10.8. The van der Waals surface area contributed by atoms with Gasteiger partial charge in [-0.2, -0.15) is 5.26 Å². The molecule has 0 saturated carbocycles. The highest BCUT2D eigenvalue weighted by atomic mass is 19.1. The molecule has 0 radical (unpaired) electrons. The first-order chi connectivity index (χ1) is 9.52. The van der Waals surface area contributed by atoms with Gasteiger partial charge in [0.15, 0.2) is 0 Å². The van der Waals surface area contributed by atoms with Crippen molar-refractivity contribution in [2.45, 2.75) is 6.92 Å². The third-order valence-corrected chi connectivity index (χ3v) is 2.89. The Bertz CT molecular complexity index is 720. The molecule has 0 aromatic heterocycles. The van der Waals surface area contributed by atoms with Crippen molar-refractivity contribution < 1.29 is 9.18 Å². The second kappa shape index (κ2) is 5.41. The minimum absolute atomic E-state index is 0.0950. The lowest BCUT2D eigenvalue weighted by molar-refractivity contribution is 0.102. The summed E-state index contributed by atoms with van der Waals surface area (Å²) in [7, 11) is 0. The molecule has 3 N–H and O–H groups in total. The molecule has 4 nitrogen and oxygen atoms in total. The van der Waals surface area contributed by atoms with E-state index in [9.17, 15) is 9.18 Å². The number of hydrogen-bond acceptors (Lipinski definition) is 3. The van der Waals surface area contributed by atoms with Crippen LogP contribution in [0, 0.1) is 24.1 Å². The van der Waals surface area contributed by atoms with Crippen LogP contribution in [0.3, 0.4) is 0 Å². The van der Waals surface area contributed by atoms with Gasteiger partial charge in [0, 0.05) is 5.56 Å². The van der Waals surface area contributed by atoms with E-state index in [2.05, 4.69) is 5.32 Å². The van der Waals surface area contributed by atoms with Crippen molar-refractivity contribution >= 4 is 17.3 Å². The van der Waals surface area contributed by atoms with E-state index < -0.39 is 11.7 Å². The van der Waals surface area contributed by atoms with Gasteiger partial charge in [-0.1, -0.05) is 12.1 Å². The summed E-state index contributed by atoms with van der Waals surface area (Å²) in [5, 5.41) is 11.7. The number of rotatable bonds is 2. The van der Waals surface area contributed by atoms with Crippen LogP contribution in [0.5, 0.6) is 0 Å². The lowest BCUT2D eigenvalue weighted by Gasteiger charge is -2.09. The van der Waals surface area contributed by atoms with E-state index >= 15 is 0 Å². The molecular formula is C15H12FN3O. The van der Waals surface area contributed by atoms with Crippen molar-refractivity contribution in [1.29, 1.82) is 5.26 Å². The predicted molar refractivity (Wildman–Crippen MR) is 74.7 cm³/mol. The average molecular weight is 269 g/mol. The number of nitrogens with one attached hydrogen (secondary N) is 1. The molecule has 0 aliphatic carbocycles. The number of nitriles is 1. The van der Waals surface area contributed by atoms with Crippen molar-refractivity contribution in [3.05, 3.63) is 58.9 Å². The molecule has 0 bridgehead atoms. The number of carbonyl (C=O) groups is 1. The molecule has 2 rings (SSSR count). The van der Waals surface area contributed by atoms with Gasteiger partial charge in [-0.05, 0) is 36.8 Å². The normalized spacial score (nSPS) is 9.85. The highest BCUT2D eigenvalue weighted by molar-refractivity contribution is 6.05. The SMILES string of the molecule is Cc1cccc(NC(=O)c2ccc(F)c(N)c2)c1C#N. The van der Waals surface area contributed by atoms with Crippen LogP contribution in [-0.4, -0.2) is 5.91 Å². The number of hydrogen-bond donors (Lipinski definition) is 2. The van der Waals surface area contributed by atoms with E-state index in [-0.39, 0.29) is 11.3 Å². The van der Waals surface area contributed by atoms with E-state index in [1.807, 2.05) is 6.07 Å². The Kier molecular flexibility index (Phi) is 3.67. The number of benzene rings is 2. The van der Waals surface area contributed by atoms with Crippen LogP contribution in [0.1, 0.15) is 21.5 Å². The van der Waals surface area contributed by atoms with Crippen molar-refractivity contribution in [3.63, 3.8) is 0 Å². The van der Waals surface area contributed by atoms with Crippen molar-refractivity contribution in [2.24, 2.45) is 0 Å². The second-order valence-electron chi connectivity index (χ2n) is 4.30. The Morgan fingerprint density at radius 1 is 1.35 bits per heavy atom. The number of amides is 1. The molecular weight excluding hydrogens is 257 g/mol. The zero-order valence-electron chi connectivity index (χ0n) is 10.8. The summed E-state index contributed by atoms with van der Waals surface area (Å²) in [4.78, 5) is 12.1. The standard InChI is InChI=1S/C15H12FN3O/c1-9-3-2-4-14(11(9)8-17)19-15(20)10-5-6-12(16)13(18)7-10/h2-7H,18H2,1H3,(H,19,20). The topological polar surface area (TPSA) is 78.9 Å². The smallest absolute Gasteiger partial charge is 0.255 e. The Morgan fingerprint density at radius 3 is 2.75 bits per heavy atom. The summed E-state index contributed by atoms with van der Waals surface area (Å²) in [6.07, 6.45) is 0. The van der Waals surface area contributed by atoms with Crippen LogP contribution >= 0.6 is 0 Å². The summed E-state index contributed by atoms with van der Waals surface area (Å²) in [6.45, 7) is 1.78. The monoisotopic (exact) mass is 269 g/mol. The Hall–Kier alpha value is -2.87. The van der Waals surface area contributed by atoms with E-state index in [0.29, 0.717) is 11.3 Å². The maximum Gasteiger partial charge on any atom is 0.255 e. The molecule has 2 aromatic rings. The fourth-order valence-electron chi connectivity index (χ4n) is 1.80. The Labute approximate surface area is 115 Å². The van der Waals surface area contributed by atoms with E-state index in [0.717, 1.165) is 11.6 Å². The maximum absolute atomic E-state index is 13.1. The van der Waals surface area contributed by atoms with Crippen LogP contribution in [0.2, 0.25) is 0 Å². The summed E-state index contributed by atoms with van der Waals surface area (Å²) in [5.74, 6) is -1.02. The van der Waals surface area contributed by atoms with Gasteiger partial charge in [0.05, 0.1) is 16.9 Å². The third-order valence-electron chi connectivity index (χ3n) is 2.89. The Balaban J connectivity index is 2.31. The van der Waals surface area contributed by atoms with Crippen molar-refractivity contribution in [2.75, 3.05) is 11.1 Å². The largest absolute Gasteiger partial charge is 0.396 e. The van der Waals surface area contributed by atoms with Crippen molar-refractivity contribution in [3.8, 4) is 6.07 Å². The van der Waals surface area contributed by atoms with Gasteiger partial charge < -0.3 is 11.1 Å². The third kappa shape index (κ3) is 2.59. The first-order valence-electron chi connectivity index (χ1n) is 5.89. The first kappa shape index (κ1) is 13.6. The lowest BCUT2D eigenvalue weighted by atomic mass is 10.1. The molecule has 100 valence electrons. The van der Waals surface area contributed by atoms with Crippen LogP contribution in [0.25, 0.3) is 0 Å². The molecule has 5 heteroatoms. The van der Waals surface area contributed by atoms with Crippen LogP contribution < -0.4 is 11.1 Å². The number of carbonyl (C=O) groups excluding carboxylic acids is 1. The fourth-order valence-corrected chi connectivity index (χ4v) is 1.80. The maximum atomic E-state index is 13.1. The van der Waals surface area contributed by atoms with Gasteiger partial charge in [-0.3, -0.25) is 4.79 Å². The first-order valence-corrected chi connectivity index (χ1v) is 5.89. The molecule has 0 fully saturated rings. The lowest BCUT2D eigenvalue weighted by Crippen LogP contribution is -2.13. The molecule has 0 heterocycles. The molecule has 20 heavy (non-hydrogen) atoms. The summed E-state index contributed by atoms with van der Waals surface area (Å²) >= 11 is 0. The molecule has 0 unspecified atom stereocenters. The molecule has 0 spiro atoms. The van der Waals surface area contributed by atoms with Gasteiger partial charge in [-0.15, -0.1) is 0 Å². The highest BCUT2D eigenvalue weighted by Gasteiger charge is 2.11. The van der Waals surface area contributed by atoms with Crippen molar-refractivity contribution in [1.82, 2.24) is 0 Å². The van der Waals surface area contributed by atoms with E-state index in [1.165, 1.54) is 12.1 Å². The van der Waals surface area contributed by atoms with Gasteiger partial charge in [-0.25, -0.2) is 4.39 Å². The number of aryl methyl sites for hydroxylation is 1. The zero-order chi connectivity index (χ0) is 14.7. The van der Waals surface area contributed by atoms with Gasteiger partial charge in [0.1, 0.15) is 11.9 Å².